The summed E-state index contributed by atoms with van der Waals surface area (Å²) < 4.78 is 14.7. The van der Waals surface area contributed by atoms with E-state index in [1.165, 1.54) is 12.3 Å². The third-order valence-electron chi connectivity index (χ3n) is 2.61. The Hall–Kier alpha value is 0.817. The molecule has 0 N–H and O–H groups in total. The summed E-state index contributed by atoms with van der Waals surface area (Å²) in [5, 5.41) is 1.23. The molecule has 0 aromatic heterocycles. The van der Waals surface area contributed by atoms with Crippen LogP contribution >= 0.6 is 45.2 Å². The highest BCUT2D eigenvalue weighted by molar-refractivity contribution is 14.1. The van der Waals surface area contributed by atoms with Crippen molar-refractivity contribution in [1.82, 2.24) is 0 Å². The van der Waals surface area contributed by atoms with Gasteiger partial charge in [-0.05, 0) is 81.9 Å². The van der Waals surface area contributed by atoms with E-state index in [9.17, 15) is 0 Å². The fraction of sp³-hybridized carbons (Fsp3) is 0.538. The largest absolute Gasteiger partial charge is 0.391 e. The Morgan fingerprint density at radius 1 is 1.00 bits per heavy atom. The smallest absolute Gasteiger partial charge is 0.369 e. The van der Waals surface area contributed by atoms with Crippen molar-refractivity contribution in [1.29, 1.82) is 0 Å². The standard InChI is InChI=1S/C13H20I2O2Si/c1-4-8-16-18(3,17-9-5-2)11-6-7-12(14)13(15)10-11/h6-7,10H,4-5,8-9H2,1-3H3. The maximum Gasteiger partial charge on any atom is 0.369 e. The Balaban J connectivity index is 2.96. The number of benzene rings is 1. The van der Waals surface area contributed by atoms with Crippen LogP contribution in [0.2, 0.25) is 6.55 Å². The molecule has 0 saturated carbocycles. The molecular weight excluding hydrogens is 470 g/mol. The zero-order valence-electron chi connectivity index (χ0n) is 11.1. The van der Waals surface area contributed by atoms with E-state index in [-0.39, 0.29) is 0 Å². The molecule has 0 atom stereocenters. The highest BCUT2D eigenvalue weighted by Crippen LogP contribution is 2.16. The Labute approximate surface area is 138 Å². The minimum atomic E-state index is -2.23. The van der Waals surface area contributed by atoms with Crippen LogP contribution in [0.3, 0.4) is 0 Å². The van der Waals surface area contributed by atoms with Gasteiger partial charge in [-0.15, -0.1) is 0 Å². The fourth-order valence-corrected chi connectivity index (χ4v) is 5.12. The van der Waals surface area contributed by atoms with Gasteiger partial charge in [0.05, 0.1) is 0 Å². The van der Waals surface area contributed by atoms with Crippen molar-refractivity contribution < 1.29 is 8.85 Å². The van der Waals surface area contributed by atoms with Gasteiger partial charge in [-0.3, -0.25) is 0 Å². The molecule has 0 heterocycles. The molecule has 0 amide bonds. The van der Waals surface area contributed by atoms with Gasteiger partial charge in [0.2, 0.25) is 0 Å². The molecule has 0 fully saturated rings. The summed E-state index contributed by atoms with van der Waals surface area (Å²) in [5.41, 5.74) is 0. The lowest BCUT2D eigenvalue weighted by molar-refractivity contribution is 0.185. The van der Waals surface area contributed by atoms with Crippen molar-refractivity contribution >= 4 is 58.9 Å². The normalized spacial score (nSPS) is 11.8. The molecule has 0 saturated heterocycles. The molecule has 0 spiro atoms. The van der Waals surface area contributed by atoms with Crippen LogP contribution in [0.1, 0.15) is 26.7 Å². The van der Waals surface area contributed by atoms with Gasteiger partial charge < -0.3 is 8.85 Å². The third kappa shape index (κ3) is 4.73. The first kappa shape index (κ1) is 16.9. The van der Waals surface area contributed by atoms with E-state index in [0.717, 1.165) is 26.1 Å². The molecule has 0 unspecified atom stereocenters. The molecule has 5 heteroatoms. The van der Waals surface area contributed by atoms with Crippen LogP contribution in [0, 0.1) is 7.14 Å². The monoisotopic (exact) mass is 490 g/mol. The van der Waals surface area contributed by atoms with E-state index in [1.54, 1.807) is 0 Å². The molecular formula is C13H20I2O2Si. The van der Waals surface area contributed by atoms with Crippen molar-refractivity contribution in [2.75, 3.05) is 13.2 Å². The molecule has 0 bridgehead atoms. The van der Waals surface area contributed by atoms with E-state index in [4.69, 9.17) is 8.85 Å². The molecule has 1 aromatic rings. The zero-order chi connectivity index (χ0) is 13.6. The topological polar surface area (TPSA) is 18.5 Å². The zero-order valence-corrected chi connectivity index (χ0v) is 16.4. The molecule has 0 radical (unpaired) electrons. The molecule has 2 nitrogen and oxygen atoms in total. The summed E-state index contributed by atoms with van der Waals surface area (Å²) in [6.07, 6.45) is 2.05. The lowest BCUT2D eigenvalue weighted by Crippen LogP contribution is -2.51. The van der Waals surface area contributed by atoms with E-state index >= 15 is 0 Å². The van der Waals surface area contributed by atoms with Crippen LogP contribution in [0.25, 0.3) is 0 Å². The van der Waals surface area contributed by atoms with Crippen molar-refractivity contribution in [2.45, 2.75) is 33.2 Å². The van der Waals surface area contributed by atoms with Gasteiger partial charge >= 0.3 is 8.56 Å². The SMILES string of the molecule is CCCO[Si](C)(OCCC)c1ccc(I)c(I)c1. The van der Waals surface area contributed by atoms with E-state index in [2.05, 4.69) is 83.8 Å². The summed E-state index contributed by atoms with van der Waals surface area (Å²) in [6.45, 7) is 7.96. The number of hydrogen-bond acceptors (Lipinski definition) is 2. The Kier molecular flexibility index (Phi) is 7.67. The van der Waals surface area contributed by atoms with Gasteiger partial charge in [-0.2, -0.15) is 0 Å². The van der Waals surface area contributed by atoms with Gasteiger partial charge in [-0.25, -0.2) is 0 Å². The predicted octanol–water partition coefficient (Wildman–Crippen LogP) is 4.03. The van der Waals surface area contributed by atoms with Crippen LogP contribution in [-0.2, 0) is 8.85 Å². The first-order chi connectivity index (χ1) is 8.53. The van der Waals surface area contributed by atoms with Gasteiger partial charge in [0.1, 0.15) is 0 Å². The number of halogens is 2. The van der Waals surface area contributed by atoms with Crippen LogP contribution in [0.4, 0.5) is 0 Å². The lowest BCUT2D eigenvalue weighted by atomic mass is 10.4. The van der Waals surface area contributed by atoms with Crippen molar-refractivity contribution in [3.8, 4) is 0 Å². The Bertz CT molecular complexity index is 377. The summed E-state index contributed by atoms with van der Waals surface area (Å²) in [7, 11) is -2.23. The minimum absolute atomic E-state index is 0.773. The Morgan fingerprint density at radius 3 is 2.00 bits per heavy atom. The molecule has 0 aliphatic heterocycles. The number of rotatable bonds is 7. The average Bonchev–Trinajstić information content (AvgIpc) is 2.37. The quantitative estimate of drug-likeness (QED) is 0.425. The fourth-order valence-electron chi connectivity index (χ4n) is 1.58. The lowest BCUT2D eigenvalue weighted by Gasteiger charge is -2.27. The van der Waals surface area contributed by atoms with Crippen molar-refractivity contribution in [3.05, 3.63) is 25.3 Å². The second-order valence-electron chi connectivity index (χ2n) is 4.27. The summed E-state index contributed by atoms with van der Waals surface area (Å²) in [4.78, 5) is 0. The van der Waals surface area contributed by atoms with Crippen LogP contribution < -0.4 is 5.19 Å². The van der Waals surface area contributed by atoms with Gasteiger partial charge in [0.15, 0.2) is 0 Å². The van der Waals surface area contributed by atoms with Crippen molar-refractivity contribution in [2.24, 2.45) is 0 Å². The second kappa shape index (κ2) is 8.18. The predicted molar refractivity (Wildman–Crippen MR) is 95.6 cm³/mol. The summed E-state index contributed by atoms with van der Waals surface area (Å²) >= 11 is 4.72. The molecule has 1 rings (SSSR count). The second-order valence-corrected chi connectivity index (χ2v) is 9.64. The van der Waals surface area contributed by atoms with Gasteiger partial charge in [0.25, 0.3) is 0 Å². The highest BCUT2D eigenvalue weighted by atomic mass is 127. The van der Waals surface area contributed by atoms with E-state index < -0.39 is 8.56 Å². The van der Waals surface area contributed by atoms with Crippen LogP contribution in [0.5, 0.6) is 0 Å². The maximum atomic E-state index is 6.07. The van der Waals surface area contributed by atoms with E-state index in [0.29, 0.717) is 0 Å². The molecule has 18 heavy (non-hydrogen) atoms. The minimum Gasteiger partial charge on any atom is -0.391 e. The first-order valence-corrected chi connectivity index (χ1v) is 10.7. The third-order valence-corrected chi connectivity index (χ3v) is 8.34. The van der Waals surface area contributed by atoms with Crippen molar-refractivity contribution in [3.63, 3.8) is 0 Å². The summed E-state index contributed by atoms with van der Waals surface area (Å²) in [5.74, 6) is 0. The highest BCUT2D eigenvalue weighted by Gasteiger charge is 2.34. The molecule has 0 aliphatic carbocycles. The first-order valence-electron chi connectivity index (χ1n) is 6.27. The summed E-state index contributed by atoms with van der Waals surface area (Å²) in [6, 6.07) is 6.51. The maximum absolute atomic E-state index is 6.07. The van der Waals surface area contributed by atoms with Gasteiger partial charge in [-0.1, -0.05) is 19.9 Å². The molecule has 0 aliphatic rings. The van der Waals surface area contributed by atoms with E-state index in [1.807, 2.05) is 0 Å². The molecule has 102 valence electrons. The van der Waals surface area contributed by atoms with Crippen LogP contribution in [0.15, 0.2) is 18.2 Å². The Morgan fingerprint density at radius 2 is 1.56 bits per heavy atom. The molecule has 1 aromatic carbocycles. The van der Waals surface area contributed by atoms with Gasteiger partial charge in [0, 0.05) is 20.4 Å². The van der Waals surface area contributed by atoms with Crippen LogP contribution in [-0.4, -0.2) is 21.8 Å². The average molecular weight is 490 g/mol. The number of hydrogen-bond donors (Lipinski definition) is 0.